The number of carbonyl (C=O) groups is 1. The third-order valence-corrected chi connectivity index (χ3v) is 4.22. The predicted molar refractivity (Wildman–Crippen MR) is 85.5 cm³/mol. The molecule has 1 aromatic heterocycles. The molecule has 2 aromatic carbocycles. The van der Waals surface area contributed by atoms with Crippen molar-refractivity contribution in [3.8, 4) is 0 Å². The van der Waals surface area contributed by atoms with Crippen molar-refractivity contribution >= 4 is 44.2 Å². The monoisotopic (exact) mass is 365 g/mol. The fraction of sp³-hybridized carbons (Fsp3) is 0.0625. The van der Waals surface area contributed by atoms with Crippen LogP contribution in [0.15, 0.2) is 47.1 Å². The van der Waals surface area contributed by atoms with E-state index in [1.165, 1.54) is 18.2 Å². The number of carbonyl (C=O) groups excluding carboxylic acids is 1. The first-order valence-corrected chi connectivity index (χ1v) is 7.39. The zero-order valence-corrected chi connectivity index (χ0v) is 13.4. The molecule has 0 aliphatic heterocycles. The highest BCUT2D eigenvalue weighted by molar-refractivity contribution is 9.10. The molecule has 0 atom stereocenters. The highest BCUT2D eigenvalue weighted by Gasteiger charge is 2.17. The summed E-state index contributed by atoms with van der Waals surface area (Å²) in [6.45, 7) is 0. The summed E-state index contributed by atoms with van der Waals surface area (Å²) in [5.41, 5.74) is 1.89. The number of hydrogen-bond acceptors (Lipinski definition) is 1. The van der Waals surface area contributed by atoms with Gasteiger partial charge in [-0.3, -0.25) is 4.79 Å². The maximum absolute atomic E-state index is 13.3. The lowest BCUT2D eigenvalue weighted by Gasteiger charge is -2.02. The largest absolute Gasteiger partial charge is 0.350 e. The van der Waals surface area contributed by atoms with Gasteiger partial charge in [0.25, 0.3) is 0 Å². The van der Waals surface area contributed by atoms with E-state index in [-0.39, 0.29) is 10.3 Å². The molecule has 106 valence electrons. The van der Waals surface area contributed by atoms with Crippen LogP contribution in [0.25, 0.3) is 10.9 Å². The third kappa shape index (κ3) is 2.49. The van der Waals surface area contributed by atoms with Gasteiger partial charge in [0.05, 0.1) is 4.47 Å². The van der Waals surface area contributed by atoms with Crippen molar-refractivity contribution in [3.05, 3.63) is 69.0 Å². The van der Waals surface area contributed by atoms with Crippen LogP contribution in [0.3, 0.4) is 0 Å². The van der Waals surface area contributed by atoms with Crippen LogP contribution in [0.4, 0.5) is 4.39 Å². The van der Waals surface area contributed by atoms with Crippen molar-refractivity contribution in [2.75, 3.05) is 0 Å². The lowest BCUT2D eigenvalue weighted by Crippen LogP contribution is -2.01. The minimum atomic E-state index is -0.392. The van der Waals surface area contributed by atoms with E-state index >= 15 is 0 Å². The van der Waals surface area contributed by atoms with E-state index in [2.05, 4.69) is 15.9 Å². The van der Waals surface area contributed by atoms with Gasteiger partial charge in [0.15, 0.2) is 5.78 Å². The van der Waals surface area contributed by atoms with E-state index < -0.39 is 5.82 Å². The molecule has 5 heteroatoms. The Morgan fingerprint density at radius 3 is 2.71 bits per heavy atom. The van der Waals surface area contributed by atoms with Crippen LogP contribution < -0.4 is 0 Å². The van der Waals surface area contributed by atoms with Crippen molar-refractivity contribution in [1.82, 2.24) is 4.57 Å². The molecule has 2 nitrogen and oxygen atoms in total. The molecule has 3 rings (SSSR count). The van der Waals surface area contributed by atoms with Crippen LogP contribution in [-0.2, 0) is 7.05 Å². The second-order valence-electron chi connectivity index (χ2n) is 4.77. The summed E-state index contributed by atoms with van der Waals surface area (Å²) in [6.07, 6.45) is 1.76. The SMILES string of the molecule is Cn1cc(C(=O)c2ccc(F)c(Br)c2)c2ccc(Cl)cc21. The van der Waals surface area contributed by atoms with Crippen molar-refractivity contribution in [3.63, 3.8) is 0 Å². The molecule has 0 bridgehead atoms. The second-order valence-corrected chi connectivity index (χ2v) is 6.06. The maximum atomic E-state index is 13.3. The molecule has 0 radical (unpaired) electrons. The van der Waals surface area contributed by atoms with Gasteiger partial charge in [-0.2, -0.15) is 0 Å². The molecule has 0 amide bonds. The average Bonchev–Trinajstić information content (AvgIpc) is 2.78. The van der Waals surface area contributed by atoms with Gasteiger partial charge < -0.3 is 4.57 Å². The fourth-order valence-corrected chi connectivity index (χ4v) is 2.88. The lowest BCUT2D eigenvalue weighted by atomic mass is 10.0. The molecule has 0 N–H and O–H groups in total. The maximum Gasteiger partial charge on any atom is 0.195 e. The number of aryl methyl sites for hydroxylation is 1. The van der Waals surface area contributed by atoms with Crippen LogP contribution in [0.5, 0.6) is 0 Å². The summed E-state index contributed by atoms with van der Waals surface area (Å²) in [5.74, 6) is -0.542. The first-order valence-electron chi connectivity index (χ1n) is 6.21. The van der Waals surface area contributed by atoms with E-state index in [1.54, 1.807) is 12.3 Å². The zero-order valence-electron chi connectivity index (χ0n) is 11.0. The summed E-state index contributed by atoms with van der Waals surface area (Å²) in [7, 11) is 1.86. The standard InChI is InChI=1S/C16H10BrClFNO/c1-20-8-12(11-4-3-10(18)7-15(11)20)16(21)9-2-5-14(19)13(17)6-9/h2-8H,1H3. The molecule has 0 unspecified atom stereocenters. The molecular weight excluding hydrogens is 357 g/mol. The van der Waals surface area contributed by atoms with E-state index in [0.29, 0.717) is 16.1 Å². The number of benzene rings is 2. The number of halogens is 3. The average molecular weight is 367 g/mol. The van der Waals surface area contributed by atoms with Crippen LogP contribution in [0, 0.1) is 5.82 Å². The topological polar surface area (TPSA) is 22.0 Å². The number of fused-ring (bicyclic) bond motifs is 1. The Morgan fingerprint density at radius 1 is 1.24 bits per heavy atom. The van der Waals surface area contributed by atoms with Crippen molar-refractivity contribution < 1.29 is 9.18 Å². The highest BCUT2D eigenvalue weighted by atomic mass is 79.9. The summed E-state index contributed by atoms with van der Waals surface area (Å²) in [4.78, 5) is 12.6. The van der Waals surface area contributed by atoms with Gasteiger partial charge in [-0.05, 0) is 46.3 Å². The van der Waals surface area contributed by atoms with E-state index in [0.717, 1.165) is 10.9 Å². The Morgan fingerprint density at radius 2 is 2.00 bits per heavy atom. The molecular formula is C16H10BrClFNO. The molecule has 0 aliphatic rings. The van der Waals surface area contributed by atoms with Crippen molar-refractivity contribution in [2.24, 2.45) is 7.05 Å². The molecule has 1 heterocycles. The van der Waals surface area contributed by atoms with E-state index in [9.17, 15) is 9.18 Å². The van der Waals surface area contributed by atoms with Gasteiger partial charge in [-0.15, -0.1) is 0 Å². The van der Waals surface area contributed by atoms with Gasteiger partial charge in [-0.25, -0.2) is 4.39 Å². The van der Waals surface area contributed by atoms with Gasteiger partial charge in [0, 0.05) is 40.3 Å². The molecule has 0 saturated carbocycles. The Labute approximate surface area is 134 Å². The van der Waals surface area contributed by atoms with E-state index in [1.807, 2.05) is 23.7 Å². The first-order chi connectivity index (χ1) is 9.97. The molecule has 0 saturated heterocycles. The predicted octanol–water partition coefficient (Wildman–Crippen LogP) is 4.96. The number of hydrogen-bond donors (Lipinski definition) is 0. The summed E-state index contributed by atoms with van der Waals surface area (Å²) >= 11 is 9.09. The van der Waals surface area contributed by atoms with Crippen LogP contribution in [-0.4, -0.2) is 10.4 Å². The Balaban J connectivity index is 2.15. The molecule has 0 fully saturated rings. The lowest BCUT2D eigenvalue weighted by molar-refractivity contribution is 0.104. The minimum absolute atomic E-state index is 0.149. The number of ketones is 1. The Kier molecular flexibility index (Phi) is 3.59. The Hall–Kier alpha value is -1.65. The number of nitrogens with zero attached hydrogens (tertiary/aromatic N) is 1. The van der Waals surface area contributed by atoms with Crippen LogP contribution in [0.2, 0.25) is 5.02 Å². The molecule has 21 heavy (non-hydrogen) atoms. The van der Waals surface area contributed by atoms with Gasteiger partial charge >= 0.3 is 0 Å². The quantitative estimate of drug-likeness (QED) is 0.587. The van der Waals surface area contributed by atoms with Gasteiger partial charge in [-0.1, -0.05) is 17.7 Å². The molecule has 0 spiro atoms. The van der Waals surface area contributed by atoms with Gasteiger partial charge in [0.1, 0.15) is 5.82 Å². The van der Waals surface area contributed by atoms with Crippen molar-refractivity contribution in [1.29, 1.82) is 0 Å². The molecule has 3 aromatic rings. The minimum Gasteiger partial charge on any atom is -0.350 e. The first kappa shape index (κ1) is 14.3. The number of aromatic nitrogens is 1. The summed E-state index contributed by atoms with van der Waals surface area (Å²) < 4.78 is 15.4. The normalized spacial score (nSPS) is 11.0. The van der Waals surface area contributed by atoms with Gasteiger partial charge in [0.2, 0.25) is 0 Å². The molecule has 0 aliphatic carbocycles. The van der Waals surface area contributed by atoms with Crippen molar-refractivity contribution in [2.45, 2.75) is 0 Å². The Bertz CT molecular complexity index is 872. The number of rotatable bonds is 2. The van der Waals surface area contributed by atoms with Crippen LogP contribution in [0.1, 0.15) is 15.9 Å². The smallest absolute Gasteiger partial charge is 0.195 e. The van der Waals surface area contributed by atoms with E-state index in [4.69, 9.17) is 11.6 Å². The zero-order chi connectivity index (χ0) is 15.1. The third-order valence-electron chi connectivity index (χ3n) is 3.38. The second kappa shape index (κ2) is 5.28. The highest BCUT2D eigenvalue weighted by Crippen LogP contribution is 2.27. The summed E-state index contributed by atoms with van der Waals surface area (Å²) in [6, 6.07) is 9.64. The summed E-state index contributed by atoms with van der Waals surface area (Å²) in [5, 5.41) is 1.44. The fourth-order valence-electron chi connectivity index (χ4n) is 2.33. The van der Waals surface area contributed by atoms with Crippen LogP contribution >= 0.6 is 27.5 Å².